The summed E-state index contributed by atoms with van der Waals surface area (Å²) >= 11 is 0. The van der Waals surface area contributed by atoms with Crippen LogP contribution in [0.1, 0.15) is 52.2 Å². The minimum atomic E-state index is -3.59. The second-order valence-corrected chi connectivity index (χ2v) is 13.7. The van der Waals surface area contributed by atoms with E-state index in [2.05, 4.69) is 10.6 Å². The molecule has 0 aliphatic heterocycles. The topological polar surface area (TPSA) is 125 Å². The summed E-state index contributed by atoms with van der Waals surface area (Å²) in [5, 5.41) is 16.8. The van der Waals surface area contributed by atoms with E-state index in [4.69, 9.17) is 4.74 Å². The second-order valence-electron chi connectivity index (χ2n) is 11.7. The Morgan fingerprint density at radius 2 is 1.50 bits per heavy atom. The molecule has 0 aliphatic carbocycles. The first-order valence-electron chi connectivity index (χ1n) is 13.6. The Bertz CT molecular complexity index is 1170. The van der Waals surface area contributed by atoms with Crippen LogP contribution in [0.4, 0.5) is 4.79 Å². The molecule has 10 heteroatoms. The highest BCUT2D eigenvalue weighted by molar-refractivity contribution is 7.88. The molecule has 0 heterocycles. The van der Waals surface area contributed by atoms with Crippen molar-refractivity contribution >= 4 is 22.0 Å². The molecule has 1 unspecified atom stereocenters. The SMILES string of the molecule is CC(C)CCN(C[C@@H](O)[C@H](Cc1ccccc1)NC(=O)C(NC(=O)OCc1ccccc1)C(C)(C)C)S(C)(=O)=O. The molecule has 0 spiro atoms. The van der Waals surface area contributed by atoms with Gasteiger partial charge in [0.1, 0.15) is 12.6 Å². The van der Waals surface area contributed by atoms with E-state index < -0.39 is 45.6 Å². The van der Waals surface area contributed by atoms with Crippen molar-refractivity contribution in [3.05, 3.63) is 71.8 Å². The first-order chi connectivity index (χ1) is 18.7. The lowest BCUT2D eigenvalue weighted by atomic mass is 9.85. The Morgan fingerprint density at radius 3 is 2.00 bits per heavy atom. The van der Waals surface area contributed by atoms with Crippen LogP contribution in [0.5, 0.6) is 0 Å². The quantitative estimate of drug-likeness (QED) is 0.315. The minimum Gasteiger partial charge on any atom is -0.445 e. The maximum atomic E-state index is 13.6. The number of hydrogen-bond donors (Lipinski definition) is 3. The average Bonchev–Trinajstić information content (AvgIpc) is 2.87. The Labute approximate surface area is 239 Å². The zero-order chi connectivity index (χ0) is 29.9. The largest absolute Gasteiger partial charge is 0.445 e. The molecule has 2 rings (SSSR count). The third-order valence-corrected chi connectivity index (χ3v) is 7.78. The fourth-order valence-corrected chi connectivity index (χ4v) is 4.97. The molecule has 3 N–H and O–H groups in total. The van der Waals surface area contributed by atoms with Gasteiger partial charge in [0.25, 0.3) is 0 Å². The van der Waals surface area contributed by atoms with Crippen molar-refractivity contribution < 1.29 is 27.9 Å². The molecule has 0 bridgehead atoms. The van der Waals surface area contributed by atoms with Crippen molar-refractivity contribution in [1.29, 1.82) is 0 Å². The lowest BCUT2D eigenvalue weighted by Gasteiger charge is -2.34. The maximum Gasteiger partial charge on any atom is 0.408 e. The van der Waals surface area contributed by atoms with Gasteiger partial charge in [-0.15, -0.1) is 0 Å². The van der Waals surface area contributed by atoms with Crippen molar-refractivity contribution in [2.24, 2.45) is 11.3 Å². The standard InChI is InChI=1S/C30H45N3O6S/c1-22(2)17-18-33(40(6,37)38)20-26(34)25(19-23-13-9-7-10-14-23)31-28(35)27(30(3,4)5)32-29(36)39-21-24-15-11-8-12-16-24/h7-16,22,25-27,34H,17-21H2,1-6H3,(H,31,35)(H,32,36)/t25-,26+,27?/m0/s1. The molecule has 222 valence electrons. The molecule has 0 aromatic heterocycles. The van der Waals surface area contributed by atoms with Gasteiger partial charge in [0.15, 0.2) is 0 Å². The third kappa shape index (κ3) is 11.7. The number of hydrogen-bond acceptors (Lipinski definition) is 6. The predicted octanol–water partition coefficient (Wildman–Crippen LogP) is 3.72. The van der Waals surface area contributed by atoms with E-state index >= 15 is 0 Å². The fraction of sp³-hybridized carbons (Fsp3) is 0.533. The van der Waals surface area contributed by atoms with Gasteiger partial charge >= 0.3 is 6.09 Å². The number of aliphatic hydroxyl groups is 1. The van der Waals surface area contributed by atoms with Crippen molar-refractivity contribution in [2.75, 3.05) is 19.3 Å². The van der Waals surface area contributed by atoms with E-state index in [0.717, 1.165) is 17.4 Å². The Hall–Kier alpha value is -2.95. The van der Waals surface area contributed by atoms with E-state index in [-0.39, 0.29) is 32.0 Å². The minimum absolute atomic E-state index is 0.0538. The van der Waals surface area contributed by atoms with Crippen LogP contribution in [0, 0.1) is 11.3 Å². The number of carbonyl (C=O) groups is 2. The molecular formula is C30H45N3O6S. The number of benzene rings is 2. The monoisotopic (exact) mass is 575 g/mol. The number of nitrogens with zero attached hydrogens (tertiary/aromatic N) is 1. The van der Waals surface area contributed by atoms with E-state index in [1.54, 1.807) is 0 Å². The smallest absolute Gasteiger partial charge is 0.408 e. The Kier molecular flexibility index (Phi) is 12.6. The molecule has 0 aliphatic rings. The molecule has 9 nitrogen and oxygen atoms in total. The van der Waals surface area contributed by atoms with Gasteiger partial charge in [-0.05, 0) is 35.3 Å². The summed E-state index contributed by atoms with van der Waals surface area (Å²) in [5.41, 5.74) is 0.990. The number of aliphatic hydroxyl groups excluding tert-OH is 1. The number of ether oxygens (including phenoxy) is 1. The summed E-state index contributed by atoms with van der Waals surface area (Å²) in [6, 6.07) is 16.7. The van der Waals surface area contributed by atoms with Crippen LogP contribution in [-0.4, -0.2) is 67.4 Å². The average molecular weight is 576 g/mol. The van der Waals surface area contributed by atoms with Crippen LogP contribution in [-0.2, 0) is 32.6 Å². The lowest BCUT2D eigenvalue weighted by molar-refractivity contribution is -0.127. The van der Waals surface area contributed by atoms with Gasteiger partial charge in [0, 0.05) is 13.1 Å². The van der Waals surface area contributed by atoms with Gasteiger partial charge in [-0.25, -0.2) is 13.2 Å². The number of carbonyl (C=O) groups excluding carboxylic acids is 2. The summed E-state index contributed by atoms with van der Waals surface area (Å²) in [6.07, 6.45) is 0.0834. The molecule has 2 aromatic carbocycles. The van der Waals surface area contributed by atoms with E-state index in [0.29, 0.717) is 6.42 Å². The number of alkyl carbamates (subject to hydrolysis) is 1. The summed E-state index contributed by atoms with van der Waals surface area (Å²) in [7, 11) is -3.59. The molecule has 2 aromatic rings. The normalized spacial score (nSPS) is 14.4. The summed E-state index contributed by atoms with van der Waals surface area (Å²) in [5.74, 6) is -0.223. The summed E-state index contributed by atoms with van der Waals surface area (Å²) < 4.78 is 31.5. The first kappa shape index (κ1) is 33.3. The fourth-order valence-electron chi connectivity index (χ4n) is 4.11. The van der Waals surface area contributed by atoms with Crippen molar-refractivity contribution in [1.82, 2.24) is 14.9 Å². The number of rotatable bonds is 14. The van der Waals surface area contributed by atoms with Crippen LogP contribution >= 0.6 is 0 Å². The van der Waals surface area contributed by atoms with Crippen molar-refractivity contribution in [3.63, 3.8) is 0 Å². The van der Waals surface area contributed by atoms with E-state index in [1.165, 1.54) is 4.31 Å². The zero-order valence-electron chi connectivity index (χ0n) is 24.5. The lowest BCUT2D eigenvalue weighted by Crippen LogP contribution is -2.58. The number of sulfonamides is 1. The molecule has 0 fully saturated rings. The molecule has 0 radical (unpaired) electrons. The number of amides is 2. The third-order valence-electron chi connectivity index (χ3n) is 6.51. The second kappa shape index (κ2) is 15.2. The van der Waals surface area contributed by atoms with Crippen molar-refractivity contribution in [2.45, 2.75) is 72.3 Å². The highest BCUT2D eigenvalue weighted by Crippen LogP contribution is 2.21. The first-order valence-corrected chi connectivity index (χ1v) is 15.5. The van der Waals surface area contributed by atoms with Gasteiger partial charge < -0.3 is 20.5 Å². The zero-order valence-corrected chi connectivity index (χ0v) is 25.3. The van der Waals surface area contributed by atoms with Gasteiger partial charge in [-0.3, -0.25) is 4.79 Å². The summed E-state index contributed by atoms with van der Waals surface area (Å²) in [6.45, 7) is 9.59. The summed E-state index contributed by atoms with van der Waals surface area (Å²) in [4.78, 5) is 26.2. The molecule has 0 saturated heterocycles. The molecule has 2 amide bonds. The van der Waals surface area contributed by atoms with Gasteiger partial charge in [-0.2, -0.15) is 4.31 Å². The van der Waals surface area contributed by atoms with Crippen LogP contribution in [0.15, 0.2) is 60.7 Å². The molecule has 3 atom stereocenters. The molecule has 40 heavy (non-hydrogen) atoms. The van der Waals surface area contributed by atoms with E-state index in [9.17, 15) is 23.1 Å². The van der Waals surface area contributed by atoms with Crippen molar-refractivity contribution in [3.8, 4) is 0 Å². The molecular weight excluding hydrogens is 530 g/mol. The molecule has 0 saturated carbocycles. The predicted molar refractivity (Wildman–Crippen MR) is 157 cm³/mol. The van der Waals surface area contributed by atoms with E-state index in [1.807, 2.05) is 95.3 Å². The van der Waals surface area contributed by atoms with Crippen LogP contribution in [0.25, 0.3) is 0 Å². The highest BCUT2D eigenvalue weighted by atomic mass is 32.2. The van der Waals surface area contributed by atoms with Crippen LogP contribution in [0.2, 0.25) is 0 Å². The van der Waals surface area contributed by atoms with Crippen LogP contribution in [0.3, 0.4) is 0 Å². The highest BCUT2D eigenvalue weighted by Gasteiger charge is 2.36. The van der Waals surface area contributed by atoms with Gasteiger partial charge in [0.05, 0.1) is 18.4 Å². The number of nitrogens with one attached hydrogen (secondary N) is 2. The van der Waals surface area contributed by atoms with Crippen LogP contribution < -0.4 is 10.6 Å². The Balaban J connectivity index is 2.21. The van der Waals surface area contributed by atoms with Gasteiger partial charge in [-0.1, -0.05) is 95.3 Å². The maximum absolute atomic E-state index is 13.6. The van der Waals surface area contributed by atoms with Gasteiger partial charge in [0.2, 0.25) is 15.9 Å². The Morgan fingerprint density at radius 1 is 0.950 bits per heavy atom.